The molecule has 20 heavy (non-hydrogen) atoms. The Morgan fingerprint density at radius 2 is 2.10 bits per heavy atom. The van der Waals surface area contributed by atoms with Crippen molar-refractivity contribution in [3.8, 4) is 0 Å². The Bertz CT molecular complexity index is 500. The zero-order valence-corrected chi connectivity index (χ0v) is 12.0. The highest BCUT2D eigenvalue weighted by molar-refractivity contribution is 5.92. The van der Waals surface area contributed by atoms with E-state index in [1.54, 1.807) is 17.8 Å². The number of amides is 1. The average molecular weight is 279 g/mol. The first-order valence-corrected chi connectivity index (χ1v) is 7.18. The molecule has 6 heteroatoms. The fourth-order valence-corrected chi connectivity index (χ4v) is 3.08. The van der Waals surface area contributed by atoms with Crippen LogP contribution in [-0.2, 0) is 16.5 Å². The molecule has 1 amide bonds. The molecule has 0 spiro atoms. The van der Waals surface area contributed by atoms with Crippen molar-refractivity contribution in [2.45, 2.75) is 44.4 Å². The van der Waals surface area contributed by atoms with Crippen LogP contribution in [0, 0.1) is 6.92 Å². The summed E-state index contributed by atoms with van der Waals surface area (Å²) in [7, 11) is 1.79. The topological polar surface area (TPSA) is 65.4 Å². The predicted octanol–water partition coefficient (Wildman–Crippen LogP) is 0.795. The van der Waals surface area contributed by atoms with E-state index < -0.39 is 0 Å². The summed E-state index contributed by atoms with van der Waals surface area (Å²) in [5.74, 6) is -0.0618. The molecule has 0 radical (unpaired) electrons. The van der Waals surface area contributed by atoms with Gasteiger partial charge in [-0.3, -0.25) is 9.48 Å². The Labute approximate surface area is 118 Å². The quantitative estimate of drug-likeness (QED) is 0.869. The zero-order valence-electron chi connectivity index (χ0n) is 12.0. The zero-order chi connectivity index (χ0) is 14.1. The fourth-order valence-electron chi connectivity index (χ4n) is 3.08. The van der Waals surface area contributed by atoms with Crippen LogP contribution in [0.15, 0.2) is 6.07 Å². The number of carbonyl (C=O) groups is 1. The van der Waals surface area contributed by atoms with Gasteiger partial charge in [0.25, 0.3) is 5.91 Å². The van der Waals surface area contributed by atoms with Crippen LogP contribution >= 0.6 is 0 Å². The lowest BCUT2D eigenvalue weighted by atomic mass is 9.89. The Morgan fingerprint density at radius 3 is 2.80 bits per heavy atom. The summed E-state index contributed by atoms with van der Waals surface area (Å²) >= 11 is 0. The van der Waals surface area contributed by atoms with Crippen molar-refractivity contribution >= 4 is 5.91 Å². The third-order valence-corrected chi connectivity index (χ3v) is 4.05. The maximum atomic E-state index is 12.3. The van der Waals surface area contributed by atoms with E-state index in [9.17, 15) is 4.79 Å². The molecule has 6 nitrogen and oxygen atoms in total. The number of ether oxygens (including phenoxy) is 2. The first-order valence-electron chi connectivity index (χ1n) is 7.18. The third-order valence-electron chi connectivity index (χ3n) is 4.05. The van der Waals surface area contributed by atoms with Crippen molar-refractivity contribution in [2.75, 3.05) is 13.2 Å². The van der Waals surface area contributed by atoms with Crippen molar-refractivity contribution in [3.05, 3.63) is 17.5 Å². The summed E-state index contributed by atoms with van der Waals surface area (Å²) in [6.07, 6.45) is 3.03. The largest absolute Gasteiger partial charge is 0.373 e. The molecule has 0 bridgehead atoms. The van der Waals surface area contributed by atoms with Gasteiger partial charge in [0, 0.05) is 13.1 Å². The van der Waals surface area contributed by atoms with E-state index in [2.05, 4.69) is 10.4 Å². The smallest absolute Gasteiger partial charge is 0.269 e. The van der Waals surface area contributed by atoms with Gasteiger partial charge in [0.2, 0.25) is 0 Å². The van der Waals surface area contributed by atoms with Crippen LogP contribution < -0.4 is 5.32 Å². The average Bonchev–Trinajstić information content (AvgIpc) is 2.78. The minimum Gasteiger partial charge on any atom is -0.373 e. The third kappa shape index (κ3) is 2.71. The number of fused-ring (bicyclic) bond motifs is 1. The highest BCUT2D eigenvalue weighted by atomic mass is 16.6. The molecule has 2 fully saturated rings. The van der Waals surface area contributed by atoms with Crippen LogP contribution in [0.2, 0.25) is 0 Å². The molecular formula is C14H21N3O3. The maximum Gasteiger partial charge on any atom is 0.269 e. The predicted molar refractivity (Wildman–Crippen MR) is 72.5 cm³/mol. The first-order chi connectivity index (χ1) is 9.63. The summed E-state index contributed by atoms with van der Waals surface area (Å²) in [5.41, 5.74) is 1.45. The second-order valence-corrected chi connectivity index (χ2v) is 5.60. The minimum atomic E-state index is -0.0618. The summed E-state index contributed by atoms with van der Waals surface area (Å²) in [4.78, 5) is 12.3. The molecule has 2 heterocycles. The summed E-state index contributed by atoms with van der Waals surface area (Å²) in [5, 5.41) is 7.29. The van der Waals surface area contributed by atoms with Crippen molar-refractivity contribution < 1.29 is 14.3 Å². The van der Waals surface area contributed by atoms with E-state index in [0.29, 0.717) is 18.9 Å². The highest BCUT2D eigenvalue weighted by Gasteiger charge is 2.34. The molecule has 1 saturated heterocycles. The standard InChI is InChI=1S/C14H21N3O3/c1-9-7-11(17(2)16-9)14(18)15-10-3-4-12-13(8-10)20-6-5-19-12/h7,10,12-13H,3-6,8H2,1-2H3,(H,15,18). The molecule has 3 unspecified atom stereocenters. The van der Waals surface area contributed by atoms with E-state index in [-0.39, 0.29) is 24.2 Å². The Hall–Kier alpha value is -1.40. The molecule has 3 rings (SSSR count). The lowest BCUT2D eigenvalue weighted by molar-refractivity contribution is -0.157. The van der Waals surface area contributed by atoms with Crippen LogP contribution in [-0.4, -0.2) is 47.2 Å². The van der Waals surface area contributed by atoms with E-state index in [1.807, 2.05) is 6.92 Å². The van der Waals surface area contributed by atoms with Gasteiger partial charge >= 0.3 is 0 Å². The minimum absolute atomic E-state index is 0.0618. The van der Waals surface area contributed by atoms with E-state index >= 15 is 0 Å². The van der Waals surface area contributed by atoms with Crippen LogP contribution in [0.4, 0.5) is 0 Å². The Balaban J connectivity index is 1.60. The molecule has 1 aliphatic carbocycles. The lowest BCUT2D eigenvalue weighted by Crippen LogP contribution is -2.49. The number of nitrogens with zero attached hydrogens (tertiary/aromatic N) is 2. The number of hydrogen-bond donors (Lipinski definition) is 1. The van der Waals surface area contributed by atoms with Gasteiger partial charge in [0.15, 0.2) is 0 Å². The fraction of sp³-hybridized carbons (Fsp3) is 0.714. The second-order valence-electron chi connectivity index (χ2n) is 5.60. The summed E-state index contributed by atoms with van der Waals surface area (Å²) in [6, 6.07) is 1.96. The van der Waals surface area contributed by atoms with E-state index in [1.165, 1.54) is 0 Å². The molecule has 3 atom stereocenters. The van der Waals surface area contributed by atoms with Crippen LogP contribution in [0.5, 0.6) is 0 Å². The van der Waals surface area contributed by atoms with Gasteiger partial charge in [0.1, 0.15) is 5.69 Å². The first kappa shape index (κ1) is 13.6. The number of aryl methyl sites for hydroxylation is 2. The van der Waals surface area contributed by atoms with E-state index in [4.69, 9.17) is 9.47 Å². The number of hydrogen-bond acceptors (Lipinski definition) is 4. The van der Waals surface area contributed by atoms with Gasteiger partial charge in [-0.2, -0.15) is 5.10 Å². The lowest BCUT2D eigenvalue weighted by Gasteiger charge is -2.39. The van der Waals surface area contributed by atoms with Gasteiger partial charge in [-0.1, -0.05) is 0 Å². The van der Waals surface area contributed by atoms with Crippen molar-refractivity contribution in [1.29, 1.82) is 0 Å². The molecular weight excluding hydrogens is 258 g/mol. The number of aromatic nitrogens is 2. The van der Waals surface area contributed by atoms with Crippen LogP contribution in [0.3, 0.4) is 0 Å². The van der Waals surface area contributed by atoms with Crippen molar-refractivity contribution in [1.82, 2.24) is 15.1 Å². The molecule has 1 aromatic heterocycles. The van der Waals surface area contributed by atoms with Crippen molar-refractivity contribution in [2.24, 2.45) is 7.05 Å². The maximum absolute atomic E-state index is 12.3. The van der Waals surface area contributed by atoms with E-state index in [0.717, 1.165) is 25.0 Å². The summed E-state index contributed by atoms with van der Waals surface area (Å²) in [6.45, 7) is 3.23. The molecule has 1 saturated carbocycles. The molecule has 0 aromatic carbocycles. The van der Waals surface area contributed by atoms with Gasteiger partial charge in [-0.05, 0) is 32.3 Å². The van der Waals surface area contributed by atoms with Gasteiger partial charge in [-0.15, -0.1) is 0 Å². The highest BCUT2D eigenvalue weighted by Crippen LogP contribution is 2.26. The van der Waals surface area contributed by atoms with Gasteiger partial charge < -0.3 is 14.8 Å². The number of carbonyl (C=O) groups excluding carboxylic acids is 1. The van der Waals surface area contributed by atoms with Crippen LogP contribution in [0.1, 0.15) is 35.4 Å². The normalized spacial score (nSPS) is 29.8. The van der Waals surface area contributed by atoms with Gasteiger partial charge in [-0.25, -0.2) is 0 Å². The molecule has 1 N–H and O–H groups in total. The second kappa shape index (κ2) is 5.54. The summed E-state index contributed by atoms with van der Waals surface area (Å²) < 4.78 is 13.0. The SMILES string of the molecule is Cc1cc(C(=O)NC2CCC3OCCOC3C2)n(C)n1. The molecule has 110 valence electrons. The Morgan fingerprint density at radius 1 is 1.35 bits per heavy atom. The van der Waals surface area contributed by atoms with Crippen LogP contribution in [0.25, 0.3) is 0 Å². The molecule has 1 aliphatic heterocycles. The molecule has 1 aromatic rings. The van der Waals surface area contributed by atoms with Gasteiger partial charge in [0.05, 0.1) is 31.1 Å². The number of rotatable bonds is 2. The number of nitrogens with one attached hydrogen (secondary N) is 1. The van der Waals surface area contributed by atoms with Crippen molar-refractivity contribution in [3.63, 3.8) is 0 Å². The molecule has 2 aliphatic rings. The monoisotopic (exact) mass is 279 g/mol. The Kier molecular flexibility index (Phi) is 3.76.